The molecule has 0 spiro atoms. The highest BCUT2D eigenvalue weighted by Gasteiger charge is 2.21. The Morgan fingerprint density at radius 1 is 1.33 bits per heavy atom. The molecule has 0 aliphatic carbocycles. The smallest absolute Gasteiger partial charge is 0.419 e. The highest BCUT2D eigenvalue weighted by Crippen LogP contribution is 2.20. The fourth-order valence-corrected chi connectivity index (χ4v) is 1.54. The van der Waals surface area contributed by atoms with Gasteiger partial charge in [0.2, 0.25) is 0 Å². The number of hydrogen-bond donors (Lipinski definition) is 0. The Balaban J connectivity index is 3.28. The van der Waals surface area contributed by atoms with Gasteiger partial charge in [0.25, 0.3) is 0 Å². The van der Waals surface area contributed by atoms with Gasteiger partial charge in [-0.3, -0.25) is 9.36 Å². The van der Waals surface area contributed by atoms with Crippen molar-refractivity contribution in [2.45, 2.75) is 26.4 Å². The summed E-state index contributed by atoms with van der Waals surface area (Å²) >= 11 is 0. The predicted molar refractivity (Wildman–Crippen MR) is 71.6 cm³/mol. The molecule has 1 aromatic heterocycles. The van der Waals surface area contributed by atoms with E-state index in [4.69, 9.17) is 4.74 Å². The van der Waals surface area contributed by atoms with Gasteiger partial charge in [-0.1, -0.05) is 19.2 Å². The summed E-state index contributed by atoms with van der Waals surface area (Å²) in [5, 5.41) is 0. The van der Waals surface area contributed by atoms with Crippen LogP contribution in [0, 0.1) is 0 Å². The summed E-state index contributed by atoms with van der Waals surface area (Å²) in [5.41, 5.74) is 0.855. The van der Waals surface area contributed by atoms with Crippen LogP contribution in [0.2, 0.25) is 0 Å². The topological polar surface area (TPSA) is 48.3 Å². The molecule has 0 aliphatic rings. The van der Waals surface area contributed by atoms with Crippen LogP contribution >= 0.6 is 0 Å². The molecule has 96 valence electrons. The van der Waals surface area contributed by atoms with Gasteiger partial charge in [-0.2, -0.15) is 0 Å². The second kappa shape index (κ2) is 5.04. The van der Waals surface area contributed by atoms with Crippen molar-refractivity contribution in [1.82, 2.24) is 4.57 Å². The number of aldehydes is 1. The van der Waals surface area contributed by atoms with Crippen molar-refractivity contribution >= 4 is 24.5 Å². The molecule has 0 radical (unpaired) electrons. The Morgan fingerprint density at radius 2 is 1.94 bits per heavy atom. The second-order valence-electron chi connectivity index (χ2n) is 4.76. The average Bonchev–Trinajstić information content (AvgIpc) is 2.63. The lowest BCUT2D eigenvalue weighted by Gasteiger charge is -2.20. The lowest BCUT2D eigenvalue weighted by molar-refractivity contribution is 0.0536. The first kappa shape index (κ1) is 14.0. The zero-order valence-electron chi connectivity index (χ0n) is 10.9. The summed E-state index contributed by atoms with van der Waals surface area (Å²) in [6.45, 7) is 12.6. The Bertz CT molecular complexity index is 504. The van der Waals surface area contributed by atoms with Gasteiger partial charge in [-0.05, 0) is 26.8 Å². The normalized spacial score (nSPS) is 10.8. The van der Waals surface area contributed by atoms with Gasteiger partial charge in [0.15, 0.2) is 6.29 Å². The average molecular weight is 247 g/mol. The van der Waals surface area contributed by atoms with Crippen LogP contribution in [0.3, 0.4) is 0 Å². The summed E-state index contributed by atoms with van der Waals surface area (Å²) < 4.78 is 6.51. The number of carbonyl (C=O) groups is 2. The van der Waals surface area contributed by atoms with Crippen molar-refractivity contribution in [1.29, 1.82) is 0 Å². The Labute approximate surface area is 107 Å². The number of carbonyl (C=O) groups excluding carboxylic acids is 2. The zero-order valence-corrected chi connectivity index (χ0v) is 10.9. The third-order valence-electron chi connectivity index (χ3n) is 2.23. The molecule has 0 bridgehead atoms. The van der Waals surface area contributed by atoms with Crippen molar-refractivity contribution in [3.8, 4) is 0 Å². The Hall–Kier alpha value is -2.10. The standard InChI is InChI=1S/C14H17NO3/c1-6-11-10(9-16)8-15(12(11)7-2)13(17)18-14(3,4)5/h6-9H,1-2H2,3-5H3. The number of rotatable bonds is 3. The van der Waals surface area contributed by atoms with Crippen LogP contribution in [0.25, 0.3) is 12.2 Å². The molecular weight excluding hydrogens is 230 g/mol. The van der Waals surface area contributed by atoms with Crippen LogP contribution < -0.4 is 0 Å². The molecule has 1 heterocycles. The first-order chi connectivity index (χ1) is 8.34. The summed E-state index contributed by atoms with van der Waals surface area (Å²) in [6, 6.07) is 0. The van der Waals surface area contributed by atoms with Crippen molar-refractivity contribution in [2.24, 2.45) is 0 Å². The number of aromatic nitrogens is 1. The minimum atomic E-state index is -0.602. The molecule has 4 heteroatoms. The van der Waals surface area contributed by atoms with Gasteiger partial charge in [0, 0.05) is 17.3 Å². The van der Waals surface area contributed by atoms with E-state index in [1.807, 2.05) is 0 Å². The van der Waals surface area contributed by atoms with Gasteiger partial charge in [0.1, 0.15) is 5.60 Å². The molecule has 4 nitrogen and oxygen atoms in total. The van der Waals surface area contributed by atoms with E-state index in [0.717, 1.165) is 0 Å². The Morgan fingerprint density at radius 3 is 2.33 bits per heavy atom. The summed E-state index contributed by atoms with van der Waals surface area (Å²) in [5.74, 6) is 0. The van der Waals surface area contributed by atoms with Crippen molar-refractivity contribution in [3.05, 3.63) is 36.2 Å². The van der Waals surface area contributed by atoms with E-state index in [1.165, 1.54) is 22.9 Å². The van der Waals surface area contributed by atoms with Gasteiger partial charge >= 0.3 is 6.09 Å². The van der Waals surface area contributed by atoms with Crippen LogP contribution in [0.15, 0.2) is 19.4 Å². The Kier molecular flexibility index (Phi) is 3.91. The van der Waals surface area contributed by atoms with Crippen molar-refractivity contribution in [2.75, 3.05) is 0 Å². The molecular formula is C14H17NO3. The zero-order chi connectivity index (χ0) is 13.9. The maximum absolute atomic E-state index is 12.0. The lowest BCUT2D eigenvalue weighted by atomic mass is 10.1. The molecule has 0 N–H and O–H groups in total. The maximum Gasteiger partial charge on any atom is 0.419 e. The molecule has 0 aliphatic heterocycles. The maximum atomic E-state index is 12.0. The van der Waals surface area contributed by atoms with Crippen LogP contribution in [0.5, 0.6) is 0 Å². The molecule has 1 rings (SSSR count). The molecule has 18 heavy (non-hydrogen) atoms. The SMILES string of the molecule is C=Cc1c(C=O)cn(C(=O)OC(C)(C)C)c1C=C. The number of ether oxygens (including phenoxy) is 1. The molecule has 0 saturated heterocycles. The van der Waals surface area contributed by atoms with E-state index >= 15 is 0 Å². The quantitative estimate of drug-likeness (QED) is 0.769. The van der Waals surface area contributed by atoms with E-state index in [2.05, 4.69) is 13.2 Å². The minimum Gasteiger partial charge on any atom is -0.443 e. The number of nitrogens with zero attached hydrogens (tertiary/aromatic N) is 1. The summed E-state index contributed by atoms with van der Waals surface area (Å²) in [4.78, 5) is 22.9. The van der Waals surface area contributed by atoms with E-state index in [0.29, 0.717) is 23.1 Å². The highest BCUT2D eigenvalue weighted by atomic mass is 16.6. The van der Waals surface area contributed by atoms with Crippen molar-refractivity contribution < 1.29 is 14.3 Å². The molecule has 0 aromatic carbocycles. The molecule has 0 unspecified atom stereocenters. The van der Waals surface area contributed by atoms with Crippen LogP contribution in [0.1, 0.15) is 42.4 Å². The summed E-state index contributed by atoms with van der Waals surface area (Å²) in [6.07, 6.45) is 4.56. The molecule has 0 saturated carbocycles. The third-order valence-corrected chi connectivity index (χ3v) is 2.23. The van der Waals surface area contributed by atoms with Gasteiger partial charge < -0.3 is 4.74 Å². The van der Waals surface area contributed by atoms with E-state index in [-0.39, 0.29) is 0 Å². The third kappa shape index (κ3) is 2.77. The highest BCUT2D eigenvalue weighted by molar-refractivity contribution is 5.88. The van der Waals surface area contributed by atoms with E-state index in [1.54, 1.807) is 20.8 Å². The number of hydrogen-bond acceptors (Lipinski definition) is 3. The van der Waals surface area contributed by atoms with Gasteiger partial charge in [-0.25, -0.2) is 4.79 Å². The molecule has 0 fully saturated rings. The van der Waals surface area contributed by atoms with Crippen LogP contribution in [-0.4, -0.2) is 22.5 Å². The van der Waals surface area contributed by atoms with Gasteiger partial charge in [0.05, 0.1) is 5.69 Å². The van der Waals surface area contributed by atoms with E-state index in [9.17, 15) is 9.59 Å². The second-order valence-corrected chi connectivity index (χ2v) is 4.76. The first-order valence-corrected chi connectivity index (χ1v) is 5.52. The van der Waals surface area contributed by atoms with Crippen LogP contribution in [0.4, 0.5) is 4.79 Å². The van der Waals surface area contributed by atoms with Gasteiger partial charge in [-0.15, -0.1) is 0 Å². The molecule has 0 atom stereocenters. The van der Waals surface area contributed by atoms with E-state index < -0.39 is 11.7 Å². The first-order valence-electron chi connectivity index (χ1n) is 5.52. The fourth-order valence-electron chi connectivity index (χ4n) is 1.54. The molecule has 0 amide bonds. The largest absolute Gasteiger partial charge is 0.443 e. The van der Waals surface area contributed by atoms with Crippen molar-refractivity contribution in [3.63, 3.8) is 0 Å². The minimum absolute atomic E-state index is 0.380. The fraction of sp³-hybridized carbons (Fsp3) is 0.286. The van der Waals surface area contributed by atoms with Crippen LogP contribution in [-0.2, 0) is 4.74 Å². The summed E-state index contributed by atoms with van der Waals surface area (Å²) in [7, 11) is 0. The lowest BCUT2D eigenvalue weighted by Crippen LogP contribution is -2.27. The predicted octanol–water partition coefficient (Wildman–Crippen LogP) is 3.37. The monoisotopic (exact) mass is 247 g/mol. The molecule has 1 aromatic rings.